The minimum Gasteiger partial charge on any atom is -0.393 e. The van der Waals surface area contributed by atoms with E-state index in [0.29, 0.717) is 5.95 Å². The van der Waals surface area contributed by atoms with Gasteiger partial charge in [-0.2, -0.15) is 0 Å². The zero-order valence-corrected chi connectivity index (χ0v) is 13.5. The molecule has 4 aromatic rings. The number of hydrogen-bond acceptors (Lipinski definition) is 5. The van der Waals surface area contributed by atoms with Crippen LogP contribution in [0.4, 0.5) is 5.95 Å². The first-order valence-electron chi connectivity index (χ1n) is 8.40. The number of aromatic nitrogens is 4. The third-order valence-electron chi connectivity index (χ3n) is 4.78. The highest BCUT2D eigenvalue weighted by Crippen LogP contribution is 2.28. The largest absolute Gasteiger partial charge is 0.393 e. The first-order chi connectivity index (χ1) is 12.3. The van der Waals surface area contributed by atoms with Crippen LogP contribution in [0.5, 0.6) is 0 Å². The number of rotatable bonds is 3. The van der Waals surface area contributed by atoms with Gasteiger partial charge in [-0.15, -0.1) is 5.10 Å². The van der Waals surface area contributed by atoms with Crippen molar-refractivity contribution in [2.45, 2.75) is 25.0 Å². The fraction of sp³-hybridized carbons (Fsp3) is 0.211. The number of fused-ring (bicyclic) bond motifs is 2. The molecule has 2 N–H and O–H groups in total. The summed E-state index contributed by atoms with van der Waals surface area (Å²) >= 11 is 0. The van der Waals surface area contributed by atoms with E-state index in [1.54, 1.807) is 6.20 Å². The van der Waals surface area contributed by atoms with Gasteiger partial charge in [-0.1, -0.05) is 12.1 Å². The van der Waals surface area contributed by atoms with Crippen molar-refractivity contribution in [1.82, 2.24) is 19.6 Å². The minimum atomic E-state index is -0.193. The summed E-state index contributed by atoms with van der Waals surface area (Å²) in [5.74, 6) is 0.592. The first-order valence-corrected chi connectivity index (χ1v) is 8.40. The Morgan fingerprint density at radius 1 is 1.12 bits per heavy atom. The molecule has 0 aliphatic heterocycles. The summed E-state index contributed by atoms with van der Waals surface area (Å²) in [6.07, 6.45) is 6.90. The van der Waals surface area contributed by atoms with Crippen molar-refractivity contribution in [3.05, 3.63) is 55.0 Å². The van der Waals surface area contributed by atoms with Crippen LogP contribution < -0.4 is 5.32 Å². The van der Waals surface area contributed by atoms with Gasteiger partial charge in [-0.25, -0.2) is 9.50 Å². The van der Waals surface area contributed by atoms with E-state index in [0.717, 1.165) is 40.4 Å². The maximum Gasteiger partial charge on any atom is 0.241 e. The van der Waals surface area contributed by atoms with Crippen LogP contribution >= 0.6 is 0 Å². The number of hydrogen-bond donors (Lipinski definition) is 2. The quantitative estimate of drug-likeness (QED) is 0.604. The molecule has 3 heterocycles. The average molecular weight is 331 g/mol. The summed E-state index contributed by atoms with van der Waals surface area (Å²) in [7, 11) is 0. The SMILES string of the molecule is O[C@H]1C[C@@H](Nc2ncc3c(-c4ccc5ncccc5c4)ccn3n2)C1. The van der Waals surface area contributed by atoms with E-state index < -0.39 is 0 Å². The summed E-state index contributed by atoms with van der Waals surface area (Å²) < 4.78 is 1.84. The monoisotopic (exact) mass is 331 g/mol. The van der Waals surface area contributed by atoms with E-state index >= 15 is 0 Å². The van der Waals surface area contributed by atoms with Gasteiger partial charge < -0.3 is 10.4 Å². The molecule has 124 valence electrons. The molecular formula is C19H17N5O. The Balaban J connectivity index is 1.50. The number of aliphatic hydroxyl groups excluding tert-OH is 1. The number of benzene rings is 1. The summed E-state index contributed by atoms with van der Waals surface area (Å²) in [5.41, 5.74) is 4.16. The van der Waals surface area contributed by atoms with Crippen LogP contribution in [-0.2, 0) is 0 Å². The zero-order chi connectivity index (χ0) is 16.8. The van der Waals surface area contributed by atoms with Crippen molar-refractivity contribution in [2.75, 3.05) is 5.32 Å². The van der Waals surface area contributed by atoms with E-state index in [1.807, 2.05) is 29.0 Å². The molecular weight excluding hydrogens is 314 g/mol. The lowest BCUT2D eigenvalue weighted by atomic mass is 9.90. The van der Waals surface area contributed by atoms with Crippen LogP contribution in [0.3, 0.4) is 0 Å². The van der Waals surface area contributed by atoms with Crippen molar-refractivity contribution >= 4 is 22.4 Å². The van der Waals surface area contributed by atoms with Gasteiger partial charge in [0.15, 0.2) is 0 Å². The van der Waals surface area contributed by atoms with Crippen molar-refractivity contribution in [1.29, 1.82) is 0 Å². The lowest BCUT2D eigenvalue weighted by molar-refractivity contribution is 0.0833. The number of aliphatic hydroxyl groups is 1. The normalized spacial score (nSPS) is 19.9. The van der Waals surface area contributed by atoms with E-state index in [9.17, 15) is 5.11 Å². The fourth-order valence-electron chi connectivity index (χ4n) is 3.34. The van der Waals surface area contributed by atoms with Crippen LogP contribution in [0, 0.1) is 0 Å². The standard InChI is InChI=1S/C19H17N5O/c25-15-9-14(10-15)22-19-21-11-18-16(5-7-24(18)23-19)12-3-4-17-13(8-12)2-1-6-20-17/h1-8,11,14-15,25H,9-10H2,(H,22,23)/t14-,15+. The van der Waals surface area contributed by atoms with Crippen LogP contribution in [0.1, 0.15) is 12.8 Å². The maximum absolute atomic E-state index is 9.38. The third-order valence-corrected chi connectivity index (χ3v) is 4.78. The molecule has 0 bridgehead atoms. The minimum absolute atomic E-state index is 0.193. The van der Waals surface area contributed by atoms with Crippen molar-refractivity contribution in [3.63, 3.8) is 0 Å². The van der Waals surface area contributed by atoms with Crippen LogP contribution in [0.2, 0.25) is 0 Å². The lowest BCUT2D eigenvalue weighted by Gasteiger charge is -2.31. The van der Waals surface area contributed by atoms with Gasteiger partial charge in [0.1, 0.15) is 0 Å². The van der Waals surface area contributed by atoms with E-state index in [1.165, 1.54) is 0 Å². The Morgan fingerprint density at radius 3 is 2.92 bits per heavy atom. The Hall–Kier alpha value is -2.99. The highest BCUT2D eigenvalue weighted by molar-refractivity contribution is 5.88. The Bertz CT molecular complexity index is 1070. The number of anilines is 1. The fourth-order valence-corrected chi connectivity index (χ4v) is 3.34. The van der Waals surface area contributed by atoms with Crippen molar-refractivity contribution in [2.24, 2.45) is 0 Å². The maximum atomic E-state index is 9.38. The molecule has 5 rings (SSSR count). The smallest absolute Gasteiger partial charge is 0.241 e. The molecule has 1 aliphatic carbocycles. The lowest BCUT2D eigenvalue weighted by Crippen LogP contribution is -2.39. The van der Waals surface area contributed by atoms with Gasteiger partial charge in [0.2, 0.25) is 5.95 Å². The molecule has 6 heteroatoms. The van der Waals surface area contributed by atoms with Gasteiger partial charge in [-0.3, -0.25) is 4.98 Å². The molecule has 1 fully saturated rings. The predicted octanol–water partition coefficient (Wildman–Crippen LogP) is 2.88. The van der Waals surface area contributed by atoms with Crippen LogP contribution in [0.25, 0.3) is 27.5 Å². The molecule has 1 aliphatic rings. The topological polar surface area (TPSA) is 75.3 Å². The summed E-state index contributed by atoms with van der Waals surface area (Å²) in [6, 6.07) is 12.6. The molecule has 0 atom stereocenters. The Kier molecular flexibility index (Phi) is 3.18. The summed E-state index contributed by atoms with van der Waals surface area (Å²) in [6.45, 7) is 0. The van der Waals surface area contributed by atoms with Gasteiger partial charge >= 0.3 is 0 Å². The molecule has 0 spiro atoms. The zero-order valence-electron chi connectivity index (χ0n) is 13.5. The van der Waals surface area contributed by atoms with E-state index in [4.69, 9.17) is 0 Å². The highest BCUT2D eigenvalue weighted by atomic mass is 16.3. The first kappa shape index (κ1) is 14.4. The molecule has 0 saturated heterocycles. The predicted molar refractivity (Wildman–Crippen MR) is 96.4 cm³/mol. The molecule has 0 unspecified atom stereocenters. The average Bonchev–Trinajstić information content (AvgIpc) is 3.03. The van der Waals surface area contributed by atoms with Gasteiger partial charge in [0.05, 0.1) is 23.3 Å². The molecule has 1 aromatic carbocycles. The number of nitrogens with one attached hydrogen (secondary N) is 1. The van der Waals surface area contributed by atoms with Gasteiger partial charge in [0, 0.05) is 29.4 Å². The highest BCUT2D eigenvalue weighted by Gasteiger charge is 2.27. The molecule has 25 heavy (non-hydrogen) atoms. The second kappa shape index (κ2) is 5.53. The second-order valence-corrected chi connectivity index (χ2v) is 6.52. The van der Waals surface area contributed by atoms with Crippen molar-refractivity contribution < 1.29 is 5.11 Å². The second-order valence-electron chi connectivity index (χ2n) is 6.52. The molecule has 0 amide bonds. The summed E-state index contributed by atoms with van der Waals surface area (Å²) in [4.78, 5) is 8.81. The molecule has 0 radical (unpaired) electrons. The Labute approximate surface area is 144 Å². The molecule has 1 saturated carbocycles. The number of nitrogens with zero attached hydrogens (tertiary/aromatic N) is 4. The van der Waals surface area contributed by atoms with Crippen molar-refractivity contribution in [3.8, 4) is 11.1 Å². The van der Waals surface area contributed by atoms with Gasteiger partial charge in [0.25, 0.3) is 0 Å². The number of pyridine rings is 1. The van der Waals surface area contributed by atoms with Gasteiger partial charge in [-0.05, 0) is 42.7 Å². The third kappa shape index (κ3) is 2.51. The van der Waals surface area contributed by atoms with E-state index in [2.05, 4.69) is 44.6 Å². The van der Waals surface area contributed by atoms with E-state index in [-0.39, 0.29) is 12.1 Å². The van der Waals surface area contributed by atoms with Crippen LogP contribution in [-0.4, -0.2) is 36.8 Å². The Morgan fingerprint density at radius 2 is 2.04 bits per heavy atom. The molecule has 3 aromatic heterocycles. The van der Waals surface area contributed by atoms with Crippen LogP contribution in [0.15, 0.2) is 55.0 Å². The molecule has 6 nitrogen and oxygen atoms in total. The summed E-state index contributed by atoms with van der Waals surface area (Å²) in [5, 5.41) is 18.3.